The van der Waals surface area contributed by atoms with Crippen molar-refractivity contribution in [2.75, 3.05) is 5.75 Å². The van der Waals surface area contributed by atoms with Crippen LogP contribution in [0.1, 0.15) is 32.6 Å². The van der Waals surface area contributed by atoms with Crippen molar-refractivity contribution in [1.29, 1.82) is 0 Å². The summed E-state index contributed by atoms with van der Waals surface area (Å²) in [7, 11) is 1.92. The first-order valence-electron chi connectivity index (χ1n) is 9.58. The Morgan fingerprint density at radius 3 is 2.74 bits per heavy atom. The predicted molar refractivity (Wildman–Crippen MR) is 109 cm³/mol. The normalized spacial score (nSPS) is 24.9. The summed E-state index contributed by atoms with van der Waals surface area (Å²) in [5.41, 5.74) is 0.954. The van der Waals surface area contributed by atoms with Gasteiger partial charge in [0.15, 0.2) is 11.0 Å². The van der Waals surface area contributed by atoms with Gasteiger partial charge in [0.1, 0.15) is 0 Å². The lowest BCUT2D eigenvalue weighted by Gasteiger charge is -2.28. The molecular weight excluding hydrogens is 380 g/mol. The first kappa shape index (κ1) is 18.8. The number of thioether (sulfide) groups is 1. The number of nitrogens with one attached hydrogen (secondary N) is 1. The van der Waals surface area contributed by atoms with E-state index in [-0.39, 0.29) is 11.9 Å². The summed E-state index contributed by atoms with van der Waals surface area (Å²) in [4.78, 5) is 12.4. The average molecular weight is 405 g/mol. The minimum atomic E-state index is 0.0753. The molecule has 1 aromatic heterocycles. The van der Waals surface area contributed by atoms with E-state index in [1.165, 1.54) is 37.4 Å². The molecule has 4 unspecified atom stereocenters. The SMILES string of the molecule is CC(NC(=O)CSc1nnc(-c2ccc(Cl)cc2)n1C)C1CC2CCC1C2. The van der Waals surface area contributed by atoms with Crippen LogP contribution in [0.2, 0.25) is 5.02 Å². The molecule has 0 aliphatic heterocycles. The molecule has 1 heterocycles. The number of benzene rings is 1. The highest BCUT2D eigenvalue weighted by atomic mass is 35.5. The Balaban J connectivity index is 1.32. The maximum atomic E-state index is 12.4. The molecule has 2 aliphatic rings. The van der Waals surface area contributed by atoms with Crippen LogP contribution in [0.25, 0.3) is 11.4 Å². The summed E-state index contributed by atoms with van der Waals surface area (Å²) in [5.74, 6) is 3.58. The zero-order chi connectivity index (χ0) is 19.0. The summed E-state index contributed by atoms with van der Waals surface area (Å²) < 4.78 is 1.92. The molecule has 2 aliphatic carbocycles. The number of aromatic nitrogens is 3. The van der Waals surface area contributed by atoms with E-state index in [0.29, 0.717) is 16.7 Å². The molecule has 4 rings (SSSR count). The number of rotatable bonds is 6. The van der Waals surface area contributed by atoms with Crippen LogP contribution in [0.3, 0.4) is 0 Å². The van der Waals surface area contributed by atoms with E-state index >= 15 is 0 Å². The molecule has 1 amide bonds. The Morgan fingerprint density at radius 2 is 2.07 bits per heavy atom. The molecule has 0 saturated heterocycles. The zero-order valence-corrected chi connectivity index (χ0v) is 17.3. The Hall–Kier alpha value is -1.53. The van der Waals surface area contributed by atoms with E-state index in [1.807, 2.05) is 35.9 Å². The number of amides is 1. The number of nitrogens with zero attached hydrogens (tertiary/aromatic N) is 3. The molecule has 0 radical (unpaired) electrons. The van der Waals surface area contributed by atoms with Gasteiger partial charge in [-0.05, 0) is 68.2 Å². The third-order valence-electron chi connectivity index (χ3n) is 6.09. The van der Waals surface area contributed by atoms with Crippen molar-refractivity contribution in [3.8, 4) is 11.4 Å². The van der Waals surface area contributed by atoms with Crippen molar-refractivity contribution in [3.63, 3.8) is 0 Å². The Morgan fingerprint density at radius 1 is 1.30 bits per heavy atom. The van der Waals surface area contributed by atoms with Crippen LogP contribution in [0.15, 0.2) is 29.4 Å². The first-order valence-corrected chi connectivity index (χ1v) is 10.9. The molecule has 7 heteroatoms. The molecule has 144 valence electrons. The van der Waals surface area contributed by atoms with Gasteiger partial charge in [-0.25, -0.2) is 0 Å². The lowest BCUT2D eigenvalue weighted by molar-refractivity contribution is -0.119. The van der Waals surface area contributed by atoms with Crippen LogP contribution in [0.5, 0.6) is 0 Å². The highest BCUT2D eigenvalue weighted by molar-refractivity contribution is 7.99. The molecule has 4 atom stereocenters. The van der Waals surface area contributed by atoms with Crippen molar-refractivity contribution in [1.82, 2.24) is 20.1 Å². The fraction of sp³-hybridized carbons (Fsp3) is 0.550. The zero-order valence-electron chi connectivity index (χ0n) is 15.7. The van der Waals surface area contributed by atoms with Gasteiger partial charge in [0, 0.05) is 23.7 Å². The highest BCUT2D eigenvalue weighted by Crippen LogP contribution is 2.49. The smallest absolute Gasteiger partial charge is 0.230 e. The second-order valence-corrected chi connectivity index (χ2v) is 9.23. The van der Waals surface area contributed by atoms with E-state index in [9.17, 15) is 4.79 Å². The summed E-state index contributed by atoms with van der Waals surface area (Å²) in [5, 5.41) is 13.1. The van der Waals surface area contributed by atoms with Crippen LogP contribution < -0.4 is 5.32 Å². The molecule has 1 N–H and O–H groups in total. The Kier molecular flexibility index (Phi) is 5.46. The molecule has 2 bridgehead atoms. The topological polar surface area (TPSA) is 59.8 Å². The van der Waals surface area contributed by atoms with Gasteiger partial charge in [0.25, 0.3) is 0 Å². The van der Waals surface area contributed by atoms with E-state index < -0.39 is 0 Å². The monoisotopic (exact) mass is 404 g/mol. The molecular formula is C20H25ClN4OS. The highest BCUT2D eigenvalue weighted by Gasteiger charge is 2.42. The number of hydrogen-bond acceptors (Lipinski definition) is 4. The van der Waals surface area contributed by atoms with E-state index in [0.717, 1.165) is 28.4 Å². The third kappa shape index (κ3) is 4.02. The van der Waals surface area contributed by atoms with E-state index in [1.54, 1.807) is 0 Å². The number of halogens is 1. The number of carbonyl (C=O) groups is 1. The molecule has 0 spiro atoms. The van der Waals surface area contributed by atoms with Crippen LogP contribution in [-0.2, 0) is 11.8 Å². The summed E-state index contributed by atoms with van der Waals surface area (Å²) in [6.45, 7) is 2.16. The molecule has 2 aromatic rings. The second-order valence-electron chi connectivity index (χ2n) is 7.86. The molecule has 2 saturated carbocycles. The van der Waals surface area contributed by atoms with Crippen LogP contribution in [0, 0.1) is 17.8 Å². The molecule has 5 nitrogen and oxygen atoms in total. The lowest BCUT2D eigenvalue weighted by Crippen LogP contribution is -2.40. The Labute approximate surface area is 169 Å². The quantitative estimate of drug-likeness (QED) is 0.734. The molecule has 2 fully saturated rings. The lowest BCUT2D eigenvalue weighted by atomic mass is 9.84. The van der Waals surface area contributed by atoms with Crippen LogP contribution in [0.4, 0.5) is 0 Å². The van der Waals surface area contributed by atoms with Crippen molar-refractivity contribution in [2.45, 2.75) is 43.8 Å². The summed E-state index contributed by atoms with van der Waals surface area (Å²) in [6, 6.07) is 7.78. The van der Waals surface area contributed by atoms with Gasteiger partial charge in [0.05, 0.1) is 5.75 Å². The number of carbonyl (C=O) groups excluding carboxylic acids is 1. The largest absolute Gasteiger partial charge is 0.353 e. The number of fused-ring (bicyclic) bond motifs is 2. The van der Waals surface area contributed by atoms with Crippen molar-refractivity contribution in [2.24, 2.45) is 24.8 Å². The molecule has 27 heavy (non-hydrogen) atoms. The van der Waals surface area contributed by atoms with E-state index in [2.05, 4.69) is 22.4 Å². The van der Waals surface area contributed by atoms with Gasteiger partial charge in [-0.1, -0.05) is 29.8 Å². The summed E-state index contributed by atoms with van der Waals surface area (Å²) >= 11 is 7.37. The van der Waals surface area contributed by atoms with Gasteiger partial charge >= 0.3 is 0 Å². The fourth-order valence-electron chi connectivity index (χ4n) is 4.73. The standard InChI is InChI=1S/C20H25ClN4OS/c1-12(17-10-13-3-4-15(17)9-13)22-18(26)11-27-20-24-23-19(25(20)2)14-5-7-16(21)8-6-14/h5-8,12-13,15,17H,3-4,9-11H2,1-2H3,(H,22,26). The van der Waals surface area contributed by atoms with E-state index in [4.69, 9.17) is 11.6 Å². The van der Waals surface area contributed by atoms with Gasteiger partial charge in [-0.3, -0.25) is 4.79 Å². The van der Waals surface area contributed by atoms with Gasteiger partial charge < -0.3 is 9.88 Å². The van der Waals surface area contributed by atoms with Crippen molar-refractivity contribution < 1.29 is 4.79 Å². The fourth-order valence-corrected chi connectivity index (χ4v) is 5.58. The Bertz CT molecular complexity index is 822. The van der Waals surface area contributed by atoms with Gasteiger partial charge in [0.2, 0.25) is 5.91 Å². The second kappa shape index (κ2) is 7.84. The third-order valence-corrected chi connectivity index (χ3v) is 7.37. The maximum Gasteiger partial charge on any atom is 0.230 e. The van der Waals surface area contributed by atoms with Crippen LogP contribution in [-0.4, -0.2) is 32.5 Å². The maximum absolute atomic E-state index is 12.4. The van der Waals surface area contributed by atoms with Gasteiger partial charge in [-0.2, -0.15) is 0 Å². The minimum Gasteiger partial charge on any atom is -0.353 e. The van der Waals surface area contributed by atoms with Gasteiger partial charge in [-0.15, -0.1) is 10.2 Å². The van der Waals surface area contributed by atoms with Crippen molar-refractivity contribution in [3.05, 3.63) is 29.3 Å². The number of hydrogen-bond donors (Lipinski definition) is 1. The molecule has 1 aromatic carbocycles. The minimum absolute atomic E-state index is 0.0753. The van der Waals surface area contributed by atoms with Crippen LogP contribution >= 0.6 is 23.4 Å². The first-order chi connectivity index (χ1) is 13.0. The predicted octanol–water partition coefficient (Wildman–Crippen LogP) is 4.17. The summed E-state index contributed by atoms with van der Waals surface area (Å²) in [6.07, 6.45) is 5.38. The average Bonchev–Trinajstić information content (AvgIpc) is 3.37. The van der Waals surface area contributed by atoms with Crippen molar-refractivity contribution >= 4 is 29.3 Å².